The molecule has 0 radical (unpaired) electrons. The molecule has 1 heterocycles. The average Bonchev–Trinajstić information content (AvgIpc) is 2.94. The van der Waals surface area contributed by atoms with Crippen molar-refractivity contribution in [2.75, 3.05) is 0 Å². The fourth-order valence-corrected chi connectivity index (χ4v) is 2.81. The Morgan fingerprint density at radius 3 is 2.10 bits per heavy atom. The van der Waals surface area contributed by atoms with E-state index in [0.29, 0.717) is 0 Å². The van der Waals surface area contributed by atoms with Crippen LogP contribution in [0, 0.1) is 6.92 Å². The Morgan fingerprint density at radius 2 is 1.50 bits per heavy atom. The minimum atomic E-state index is 0.171. The molecule has 3 aromatic rings. The summed E-state index contributed by atoms with van der Waals surface area (Å²) in [5.74, 6) is 0.936. The van der Waals surface area contributed by atoms with Crippen LogP contribution < -0.4 is 0 Å². The van der Waals surface area contributed by atoms with E-state index in [1.54, 1.807) is 6.26 Å². The summed E-state index contributed by atoms with van der Waals surface area (Å²) in [6.45, 7) is 1.96. The van der Waals surface area contributed by atoms with Crippen molar-refractivity contribution in [3.8, 4) is 11.1 Å². The Kier molecular flexibility index (Phi) is 3.75. The topological polar surface area (TPSA) is 13.1 Å². The number of rotatable bonds is 3. The van der Waals surface area contributed by atoms with Crippen molar-refractivity contribution in [3.63, 3.8) is 0 Å². The van der Waals surface area contributed by atoms with Crippen molar-refractivity contribution in [2.24, 2.45) is 0 Å². The third-order valence-electron chi connectivity index (χ3n) is 3.35. The highest BCUT2D eigenvalue weighted by Gasteiger charge is 2.12. The molecule has 1 atom stereocenters. The third kappa shape index (κ3) is 2.70. The Morgan fingerprint density at radius 1 is 0.850 bits per heavy atom. The number of hydrogen-bond acceptors (Lipinski definition) is 1. The first-order valence-corrected chi connectivity index (χ1v) is 7.50. The van der Waals surface area contributed by atoms with Crippen molar-refractivity contribution in [1.82, 2.24) is 0 Å². The Labute approximate surface area is 127 Å². The van der Waals surface area contributed by atoms with Gasteiger partial charge in [-0.1, -0.05) is 70.5 Å². The van der Waals surface area contributed by atoms with Crippen LogP contribution in [0.15, 0.2) is 71.3 Å². The number of hydrogen-bond donors (Lipinski definition) is 0. The summed E-state index contributed by atoms with van der Waals surface area (Å²) in [5, 5.41) is 0. The molecule has 0 bridgehead atoms. The van der Waals surface area contributed by atoms with Gasteiger partial charge in [-0.15, -0.1) is 0 Å². The minimum Gasteiger partial charge on any atom is -0.469 e. The molecule has 2 heteroatoms. The summed E-state index contributed by atoms with van der Waals surface area (Å²) in [5.41, 5.74) is 4.85. The van der Waals surface area contributed by atoms with Gasteiger partial charge in [0.15, 0.2) is 0 Å². The van der Waals surface area contributed by atoms with Crippen LogP contribution in [0.5, 0.6) is 0 Å². The molecule has 3 rings (SSSR count). The third-order valence-corrected chi connectivity index (χ3v) is 4.41. The smallest absolute Gasteiger partial charge is 0.101 e. The van der Waals surface area contributed by atoms with Gasteiger partial charge < -0.3 is 4.42 Å². The highest BCUT2D eigenvalue weighted by atomic mass is 79.9. The molecular weight excluding hydrogens is 312 g/mol. The SMILES string of the molecule is Cc1cc(C(Br)c2ccc(-c3ccccc3)cc2)co1. The van der Waals surface area contributed by atoms with Crippen LogP contribution in [0.1, 0.15) is 21.7 Å². The van der Waals surface area contributed by atoms with Gasteiger partial charge in [0.1, 0.15) is 5.76 Å². The first-order chi connectivity index (χ1) is 9.74. The van der Waals surface area contributed by atoms with E-state index in [0.717, 1.165) is 11.3 Å². The van der Waals surface area contributed by atoms with Crippen molar-refractivity contribution < 1.29 is 4.42 Å². The van der Waals surface area contributed by atoms with Crippen LogP contribution >= 0.6 is 15.9 Å². The molecule has 100 valence electrons. The van der Waals surface area contributed by atoms with Crippen LogP contribution in [0.25, 0.3) is 11.1 Å². The molecule has 0 amide bonds. The lowest BCUT2D eigenvalue weighted by molar-refractivity contribution is 0.532. The summed E-state index contributed by atoms with van der Waals surface area (Å²) < 4.78 is 5.37. The molecule has 0 saturated heterocycles. The Balaban J connectivity index is 1.86. The van der Waals surface area contributed by atoms with E-state index in [4.69, 9.17) is 4.42 Å². The fraction of sp³-hybridized carbons (Fsp3) is 0.111. The fourth-order valence-electron chi connectivity index (χ4n) is 2.26. The van der Waals surface area contributed by atoms with Gasteiger partial charge in [0.2, 0.25) is 0 Å². The van der Waals surface area contributed by atoms with E-state index in [2.05, 4.69) is 70.5 Å². The van der Waals surface area contributed by atoms with Crippen LogP contribution in [0.4, 0.5) is 0 Å². The zero-order valence-electron chi connectivity index (χ0n) is 11.2. The lowest BCUT2D eigenvalue weighted by atomic mass is 10.0. The Hall–Kier alpha value is -1.80. The predicted molar refractivity (Wildman–Crippen MR) is 86.1 cm³/mol. The summed E-state index contributed by atoms with van der Waals surface area (Å²) >= 11 is 3.73. The maximum atomic E-state index is 5.37. The molecule has 20 heavy (non-hydrogen) atoms. The van der Waals surface area contributed by atoms with E-state index in [-0.39, 0.29) is 4.83 Å². The van der Waals surface area contributed by atoms with E-state index in [1.165, 1.54) is 16.7 Å². The number of furan rings is 1. The van der Waals surface area contributed by atoms with Gasteiger partial charge in [-0.25, -0.2) is 0 Å². The first-order valence-electron chi connectivity index (χ1n) is 6.58. The van der Waals surface area contributed by atoms with E-state index < -0.39 is 0 Å². The lowest BCUT2D eigenvalue weighted by Crippen LogP contribution is -1.90. The second-order valence-corrected chi connectivity index (χ2v) is 5.76. The van der Waals surface area contributed by atoms with Crippen LogP contribution in [0.2, 0.25) is 0 Å². The molecule has 0 aliphatic rings. The monoisotopic (exact) mass is 326 g/mol. The molecule has 1 unspecified atom stereocenters. The molecule has 0 N–H and O–H groups in total. The van der Waals surface area contributed by atoms with Crippen LogP contribution in [-0.4, -0.2) is 0 Å². The van der Waals surface area contributed by atoms with Gasteiger partial charge in [0, 0.05) is 5.56 Å². The molecule has 0 spiro atoms. The van der Waals surface area contributed by atoms with Gasteiger partial charge in [-0.05, 0) is 29.7 Å². The molecule has 1 aromatic heterocycles. The second kappa shape index (κ2) is 5.68. The Bertz CT molecular complexity index is 683. The summed E-state index contributed by atoms with van der Waals surface area (Å²) in [6, 6.07) is 21.1. The van der Waals surface area contributed by atoms with Crippen molar-refractivity contribution in [2.45, 2.75) is 11.8 Å². The number of halogens is 1. The van der Waals surface area contributed by atoms with Gasteiger partial charge >= 0.3 is 0 Å². The molecule has 2 aromatic carbocycles. The zero-order valence-corrected chi connectivity index (χ0v) is 12.8. The lowest BCUT2D eigenvalue weighted by Gasteiger charge is -2.09. The molecule has 0 aliphatic heterocycles. The minimum absolute atomic E-state index is 0.171. The number of alkyl halides is 1. The maximum Gasteiger partial charge on any atom is 0.101 e. The highest BCUT2D eigenvalue weighted by molar-refractivity contribution is 9.09. The number of benzene rings is 2. The summed E-state index contributed by atoms with van der Waals surface area (Å²) in [4.78, 5) is 0.171. The maximum absolute atomic E-state index is 5.37. The quantitative estimate of drug-likeness (QED) is 0.559. The average molecular weight is 327 g/mol. The van der Waals surface area contributed by atoms with Crippen LogP contribution in [-0.2, 0) is 0 Å². The standard InChI is InChI=1S/C18H15BrO/c1-13-11-17(12-20-13)18(19)16-9-7-15(8-10-16)14-5-3-2-4-6-14/h2-12,18H,1H3. The molecule has 0 fully saturated rings. The first kappa shape index (κ1) is 13.2. The van der Waals surface area contributed by atoms with Crippen molar-refractivity contribution in [1.29, 1.82) is 0 Å². The summed E-state index contributed by atoms with van der Waals surface area (Å²) in [7, 11) is 0. The second-order valence-electron chi connectivity index (χ2n) is 4.84. The molecular formula is C18H15BrO. The van der Waals surface area contributed by atoms with E-state index in [1.807, 2.05) is 13.0 Å². The van der Waals surface area contributed by atoms with Gasteiger partial charge in [-0.2, -0.15) is 0 Å². The van der Waals surface area contributed by atoms with Crippen molar-refractivity contribution in [3.05, 3.63) is 83.8 Å². The highest BCUT2D eigenvalue weighted by Crippen LogP contribution is 2.33. The normalized spacial score (nSPS) is 12.3. The molecule has 0 saturated carbocycles. The predicted octanol–water partition coefficient (Wildman–Crippen LogP) is 5.74. The van der Waals surface area contributed by atoms with E-state index >= 15 is 0 Å². The van der Waals surface area contributed by atoms with Gasteiger partial charge in [0.25, 0.3) is 0 Å². The van der Waals surface area contributed by atoms with Gasteiger partial charge in [-0.3, -0.25) is 0 Å². The van der Waals surface area contributed by atoms with E-state index in [9.17, 15) is 0 Å². The summed E-state index contributed by atoms with van der Waals surface area (Å²) in [6.07, 6.45) is 1.81. The van der Waals surface area contributed by atoms with Crippen LogP contribution in [0.3, 0.4) is 0 Å². The zero-order chi connectivity index (χ0) is 13.9. The van der Waals surface area contributed by atoms with Crippen molar-refractivity contribution >= 4 is 15.9 Å². The molecule has 1 nitrogen and oxygen atoms in total. The van der Waals surface area contributed by atoms with Gasteiger partial charge in [0.05, 0.1) is 11.1 Å². The molecule has 0 aliphatic carbocycles. The number of aryl methyl sites for hydroxylation is 1. The largest absolute Gasteiger partial charge is 0.469 e.